The van der Waals surface area contributed by atoms with Gasteiger partial charge in [0.25, 0.3) is 0 Å². The van der Waals surface area contributed by atoms with Gasteiger partial charge in [-0.05, 0) is 83.5 Å². The fourth-order valence-corrected chi connectivity index (χ4v) is 9.75. The molecule has 0 heterocycles. The lowest BCUT2D eigenvalue weighted by Gasteiger charge is -2.19. The summed E-state index contributed by atoms with van der Waals surface area (Å²) in [6, 6.07) is -0.647. The van der Waals surface area contributed by atoms with Crippen LogP contribution in [0.3, 0.4) is 0 Å². The van der Waals surface area contributed by atoms with E-state index < -0.39 is 12.1 Å². The number of amides is 1. The van der Waals surface area contributed by atoms with Gasteiger partial charge in [-0.3, -0.25) is 4.79 Å². The van der Waals surface area contributed by atoms with Crippen LogP contribution in [0.2, 0.25) is 0 Å². The summed E-state index contributed by atoms with van der Waals surface area (Å²) in [6.07, 6.45) is 91.1. The summed E-state index contributed by atoms with van der Waals surface area (Å²) in [7, 11) is 0. The molecule has 2 unspecified atom stereocenters. The predicted molar refractivity (Wildman–Crippen MR) is 322 cm³/mol. The van der Waals surface area contributed by atoms with Gasteiger partial charge in [0.1, 0.15) is 0 Å². The molecule has 2 atom stereocenters. The SMILES string of the molecule is CCCCCCC/C=C\C/C=C\C/C=C\CCCCCCCCCCCCCCCCCCCCCCCCCCCCC(=O)NC(CO)C(O)/C=C/CC/C=C/CC/C=C/CCCCCCCCCCC. The molecule has 0 fully saturated rings. The zero-order valence-corrected chi connectivity index (χ0v) is 48.4. The number of aliphatic hydroxyl groups excluding tert-OH is 2. The lowest BCUT2D eigenvalue weighted by atomic mass is 10.0. The molecule has 0 aromatic heterocycles. The Kier molecular flexibility index (Phi) is 61.2. The van der Waals surface area contributed by atoms with E-state index in [2.05, 4.69) is 79.9 Å². The van der Waals surface area contributed by atoms with Gasteiger partial charge >= 0.3 is 0 Å². The van der Waals surface area contributed by atoms with Crippen molar-refractivity contribution in [1.82, 2.24) is 5.32 Å². The molecule has 0 saturated carbocycles. The fraction of sp³-hybridized carbons (Fsp3) is 0.809. The monoisotopic (exact) mass is 1000 g/mol. The van der Waals surface area contributed by atoms with Crippen molar-refractivity contribution in [2.24, 2.45) is 0 Å². The van der Waals surface area contributed by atoms with Gasteiger partial charge in [0, 0.05) is 6.42 Å². The number of hydrogen-bond donors (Lipinski definition) is 3. The van der Waals surface area contributed by atoms with Gasteiger partial charge in [-0.15, -0.1) is 0 Å². The third-order valence-corrected chi connectivity index (χ3v) is 14.6. The summed E-state index contributed by atoms with van der Waals surface area (Å²) in [4.78, 5) is 12.5. The number of rotatable bonds is 59. The molecule has 0 aliphatic carbocycles. The van der Waals surface area contributed by atoms with Crippen LogP contribution in [-0.4, -0.2) is 34.9 Å². The third-order valence-electron chi connectivity index (χ3n) is 14.6. The summed E-state index contributed by atoms with van der Waals surface area (Å²) in [6.45, 7) is 4.30. The molecule has 0 radical (unpaired) electrons. The van der Waals surface area contributed by atoms with Crippen LogP contribution >= 0.6 is 0 Å². The van der Waals surface area contributed by atoms with Gasteiger partial charge in [-0.2, -0.15) is 0 Å². The fourth-order valence-electron chi connectivity index (χ4n) is 9.75. The van der Waals surface area contributed by atoms with Crippen LogP contribution in [0.4, 0.5) is 0 Å². The minimum absolute atomic E-state index is 0.0736. The minimum atomic E-state index is -0.871. The maximum absolute atomic E-state index is 12.5. The number of nitrogens with one attached hydrogen (secondary N) is 1. The van der Waals surface area contributed by atoms with Crippen LogP contribution in [0.15, 0.2) is 72.9 Å². The lowest BCUT2D eigenvalue weighted by molar-refractivity contribution is -0.123. The first-order valence-corrected chi connectivity index (χ1v) is 32.2. The molecule has 0 aliphatic heterocycles. The first-order chi connectivity index (χ1) is 35.7. The van der Waals surface area contributed by atoms with E-state index in [1.165, 1.54) is 263 Å². The summed E-state index contributed by atoms with van der Waals surface area (Å²) in [5, 5.41) is 23.2. The van der Waals surface area contributed by atoms with Crippen molar-refractivity contribution in [3.8, 4) is 0 Å². The Hall–Kier alpha value is -2.17. The number of aliphatic hydroxyl groups is 2. The van der Waals surface area contributed by atoms with Gasteiger partial charge in [-0.1, -0.05) is 318 Å². The number of carbonyl (C=O) groups is 1. The molecule has 0 bridgehead atoms. The molecule has 0 rings (SSSR count). The predicted octanol–water partition coefficient (Wildman–Crippen LogP) is 21.7. The van der Waals surface area contributed by atoms with Gasteiger partial charge in [-0.25, -0.2) is 0 Å². The van der Waals surface area contributed by atoms with Gasteiger partial charge in [0.15, 0.2) is 0 Å². The number of unbranched alkanes of at least 4 members (excludes halogenated alkanes) is 42. The molecule has 420 valence electrons. The van der Waals surface area contributed by atoms with Gasteiger partial charge in [0.2, 0.25) is 5.91 Å². The Bertz CT molecular complexity index is 1230. The Balaban J connectivity index is 3.44. The summed E-state index contributed by atoms with van der Waals surface area (Å²) < 4.78 is 0. The second-order valence-electron chi connectivity index (χ2n) is 21.8. The Morgan fingerprint density at radius 2 is 0.583 bits per heavy atom. The molecule has 3 N–H and O–H groups in total. The van der Waals surface area contributed by atoms with E-state index in [-0.39, 0.29) is 12.5 Å². The van der Waals surface area contributed by atoms with Crippen molar-refractivity contribution >= 4 is 5.91 Å². The first-order valence-electron chi connectivity index (χ1n) is 32.2. The molecule has 1 amide bonds. The van der Waals surface area contributed by atoms with E-state index in [1.807, 2.05) is 6.08 Å². The Morgan fingerprint density at radius 3 is 0.903 bits per heavy atom. The lowest BCUT2D eigenvalue weighted by Crippen LogP contribution is -2.45. The van der Waals surface area contributed by atoms with E-state index in [9.17, 15) is 15.0 Å². The van der Waals surface area contributed by atoms with Crippen molar-refractivity contribution in [2.75, 3.05) is 6.61 Å². The molecule has 0 saturated heterocycles. The highest BCUT2D eigenvalue weighted by Gasteiger charge is 2.18. The highest BCUT2D eigenvalue weighted by Crippen LogP contribution is 2.17. The van der Waals surface area contributed by atoms with Gasteiger partial charge in [0.05, 0.1) is 18.8 Å². The van der Waals surface area contributed by atoms with Gasteiger partial charge < -0.3 is 15.5 Å². The van der Waals surface area contributed by atoms with E-state index >= 15 is 0 Å². The second kappa shape index (κ2) is 63.1. The van der Waals surface area contributed by atoms with Crippen LogP contribution in [0.1, 0.15) is 335 Å². The highest BCUT2D eigenvalue weighted by molar-refractivity contribution is 5.76. The van der Waals surface area contributed by atoms with E-state index in [0.29, 0.717) is 6.42 Å². The van der Waals surface area contributed by atoms with E-state index in [4.69, 9.17) is 0 Å². The topological polar surface area (TPSA) is 69.6 Å². The smallest absolute Gasteiger partial charge is 0.220 e. The quantitative estimate of drug-likeness (QED) is 0.0420. The average Bonchev–Trinajstić information content (AvgIpc) is 3.39. The van der Waals surface area contributed by atoms with Crippen LogP contribution in [0.25, 0.3) is 0 Å². The summed E-state index contributed by atoms with van der Waals surface area (Å²) in [5.74, 6) is -0.0736. The van der Waals surface area contributed by atoms with Crippen LogP contribution in [-0.2, 0) is 4.79 Å². The maximum atomic E-state index is 12.5. The number of allylic oxidation sites excluding steroid dienone is 11. The Labute approximate surface area is 450 Å². The molecule has 0 spiro atoms. The van der Waals surface area contributed by atoms with Crippen molar-refractivity contribution in [3.05, 3.63) is 72.9 Å². The first kappa shape index (κ1) is 69.8. The standard InChI is InChI=1S/C68H125NO3/c1-3-5-7-9-11-13-15-17-19-21-23-24-25-26-27-28-29-30-31-32-33-34-35-36-37-38-39-40-41-42-43-44-46-48-50-52-54-56-58-60-62-64-68(72)69-66(65-70)67(71)63-61-59-57-55-53-51-49-47-45-22-20-18-16-14-12-10-8-6-4-2/h15,17,21,23,25-26,45,47,53,55,61,63,66-67,70-71H,3-14,16,18-20,22,24,27-44,46,48-52,54,56-60,62,64-65H2,1-2H3,(H,69,72)/b17-15-,23-21-,26-25-,47-45+,55-53+,63-61+. The number of hydrogen-bond acceptors (Lipinski definition) is 3. The molecule has 0 aromatic carbocycles. The van der Waals surface area contributed by atoms with Crippen LogP contribution in [0.5, 0.6) is 0 Å². The van der Waals surface area contributed by atoms with Crippen LogP contribution in [0, 0.1) is 0 Å². The molecule has 4 nitrogen and oxygen atoms in total. The molecule has 72 heavy (non-hydrogen) atoms. The molecule has 0 aliphatic rings. The Morgan fingerprint density at radius 1 is 0.333 bits per heavy atom. The van der Waals surface area contributed by atoms with Crippen molar-refractivity contribution < 1.29 is 15.0 Å². The molecular formula is C68H125NO3. The van der Waals surface area contributed by atoms with E-state index in [1.54, 1.807) is 6.08 Å². The normalized spacial score (nSPS) is 13.2. The highest BCUT2D eigenvalue weighted by atomic mass is 16.3. The van der Waals surface area contributed by atoms with Crippen LogP contribution < -0.4 is 5.32 Å². The second-order valence-corrected chi connectivity index (χ2v) is 21.8. The molecular weight excluding hydrogens is 879 g/mol. The van der Waals surface area contributed by atoms with Crippen molar-refractivity contribution in [1.29, 1.82) is 0 Å². The largest absolute Gasteiger partial charge is 0.394 e. The van der Waals surface area contributed by atoms with E-state index in [0.717, 1.165) is 51.4 Å². The van der Waals surface area contributed by atoms with Crippen molar-refractivity contribution in [3.63, 3.8) is 0 Å². The zero-order chi connectivity index (χ0) is 52.0. The number of carbonyl (C=O) groups excluding carboxylic acids is 1. The summed E-state index contributed by atoms with van der Waals surface area (Å²) >= 11 is 0. The van der Waals surface area contributed by atoms with Crippen molar-refractivity contribution in [2.45, 2.75) is 347 Å². The molecule has 0 aromatic rings. The third kappa shape index (κ3) is 58.7. The zero-order valence-electron chi connectivity index (χ0n) is 48.4. The molecule has 4 heteroatoms. The average molecular weight is 1000 g/mol. The summed E-state index contributed by atoms with van der Waals surface area (Å²) in [5.41, 5.74) is 0. The maximum Gasteiger partial charge on any atom is 0.220 e. The minimum Gasteiger partial charge on any atom is -0.394 e.